The van der Waals surface area contributed by atoms with Crippen molar-refractivity contribution in [3.8, 4) is 11.1 Å². The van der Waals surface area contributed by atoms with Gasteiger partial charge in [-0.05, 0) is 138 Å². The lowest BCUT2D eigenvalue weighted by Crippen LogP contribution is -2.36. The minimum Gasteiger partial charge on any atom is -0.377 e. The second-order valence-corrected chi connectivity index (χ2v) is 23.1. The van der Waals surface area contributed by atoms with Crippen molar-refractivity contribution < 1.29 is 18.9 Å². The van der Waals surface area contributed by atoms with Gasteiger partial charge >= 0.3 is 0 Å². The summed E-state index contributed by atoms with van der Waals surface area (Å²) in [6.45, 7) is 14.3. The molecule has 0 saturated heterocycles. The smallest absolute Gasteiger partial charge is 0.139 e. The molecule has 0 radical (unpaired) electrons. The fourth-order valence-corrected chi connectivity index (χ4v) is 13.9. The lowest BCUT2D eigenvalue weighted by molar-refractivity contribution is 0.118. The van der Waals surface area contributed by atoms with Crippen LogP contribution in [0.1, 0.15) is 163 Å². The van der Waals surface area contributed by atoms with Crippen LogP contribution in [0.5, 0.6) is 0 Å². The van der Waals surface area contributed by atoms with Crippen molar-refractivity contribution in [1.82, 2.24) is 0 Å². The summed E-state index contributed by atoms with van der Waals surface area (Å²) in [5, 5.41) is 2.45. The van der Waals surface area contributed by atoms with E-state index in [2.05, 4.69) is 221 Å². The Labute approximate surface area is 474 Å². The van der Waals surface area contributed by atoms with Gasteiger partial charge in [0.15, 0.2) is 0 Å². The van der Waals surface area contributed by atoms with Crippen molar-refractivity contribution >= 4 is 40.0 Å². The number of benzene rings is 8. The molecule has 0 fully saturated rings. The first-order valence-electron chi connectivity index (χ1n) is 29.2. The van der Waals surface area contributed by atoms with E-state index in [1.807, 2.05) is 0 Å². The fourth-order valence-electron chi connectivity index (χ4n) is 13.3. The lowest BCUT2D eigenvalue weighted by Gasteiger charge is -2.41. The van der Waals surface area contributed by atoms with Gasteiger partial charge in [0.1, 0.15) is 7.85 Å². The maximum Gasteiger partial charge on any atom is 0.139 e. The van der Waals surface area contributed by atoms with Gasteiger partial charge in [-0.15, -0.1) is 0 Å². The highest BCUT2D eigenvalue weighted by Crippen LogP contribution is 2.67. The molecule has 0 N–H and O–H groups in total. The second-order valence-electron chi connectivity index (χ2n) is 22.2. The van der Waals surface area contributed by atoms with E-state index in [-0.39, 0.29) is 11.8 Å². The monoisotopic (exact) mass is 1090 g/mol. The van der Waals surface area contributed by atoms with Gasteiger partial charge in [0.25, 0.3) is 0 Å². The Morgan fingerprint density at radius 1 is 0.436 bits per heavy atom. The molecule has 0 aliphatic heterocycles. The quantitative estimate of drug-likeness (QED) is 0.0446. The second kappa shape index (κ2) is 24.3. The largest absolute Gasteiger partial charge is 0.377 e. The van der Waals surface area contributed by atoms with Gasteiger partial charge < -0.3 is 18.9 Å². The first-order chi connectivity index (χ1) is 38.4. The molecule has 0 saturated carbocycles. The summed E-state index contributed by atoms with van der Waals surface area (Å²) in [6.07, 6.45) is 11.3. The minimum atomic E-state index is -0.686. The van der Waals surface area contributed by atoms with Crippen LogP contribution < -0.4 is 0 Å². The molecule has 78 heavy (non-hydrogen) atoms. The Kier molecular flexibility index (Phi) is 16.8. The minimum absolute atomic E-state index is 0.0643. The van der Waals surface area contributed by atoms with Crippen LogP contribution in [-0.2, 0) is 56.2 Å². The van der Waals surface area contributed by atoms with Crippen LogP contribution in [0.15, 0.2) is 174 Å². The topological polar surface area (TPSA) is 36.9 Å². The molecule has 11 rings (SSSR count). The summed E-state index contributed by atoms with van der Waals surface area (Å²) in [6, 6.07) is 63.9. The molecule has 0 spiro atoms. The summed E-state index contributed by atoms with van der Waals surface area (Å²) in [7, 11) is 2.33. The van der Waals surface area contributed by atoms with Gasteiger partial charge in [0, 0.05) is 42.7 Å². The highest BCUT2D eigenvalue weighted by molar-refractivity contribution is 9.10. The van der Waals surface area contributed by atoms with Gasteiger partial charge in [-0.1, -0.05) is 233 Å². The zero-order chi connectivity index (χ0) is 53.6. The highest BCUT2D eigenvalue weighted by Gasteiger charge is 2.57. The maximum atomic E-state index is 6.24. The highest BCUT2D eigenvalue weighted by atomic mass is 79.9. The van der Waals surface area contributed by atoms with Crippen LogP contribution in [0.2, 0.25) is 0 Å². The number of rotatable bonds is 24. The third-order valence-electron chi connectivity index (χ3n) is 17.3. The van der Waals surface area contributed by atoms with Gasteiger partial charge in [0.2, 0.25) is 0 Å². The van der Waals surface area contributed by atoms with E-state index in [1.165, 1.54) is 105 Å². The van der Waals surface area contributed by atoms with E-state index in [0.29, 0.717) is 26.4 Å². The third kappa shape index (κ3) is 9.89. The van der Waals surface area contributed by atoms with Crippen molar-refractivity contribution in [2.24, 2.45) is 5.92 Å². The average Bonchev–Trinajstić information content (AvgIpc) is 3.86. The van der Waals surface area contributed by atoms with Crippen LogP contribution in [0.25, 0.3) is 27.4 Å². The molecule has 2 unspecified atom stereocenters. The van der Waals surface area contributed by atoms with Gasteiger partial charge in [-0.2, -0.15) is 0 Å². The van der Waals surface area contributed by atoms with E-state index in [9.17, 15) is 0 Å². The molecule has 6 heteroatoms. The van der Waals surface area contributed by atoms with E-state index in [1.54, 1.807) is 0 Å². The van der Waals surface area contributed by atoms with E-state index < -0.39 is 10.8 Å². The number of unbranched alkanes of at least 4 members (excludes halogenated alkanes) is 4. The molecule has 0 bridgehead atoms. The predicted octanol–water partition coefficient (Wildman–Crippen LogP) is 17.3. The lowest BCUT2D eigenvalue weighted by atomic mass is 9.59. The van der Waals surface area contributed by atoms with Crippen molar-refractivity contribution in [2.75, 3.05) is 26.4 Å². The molecule has 0 amide bonds. The molecular formula is C72H76BBrO4. The third-order valence-corrected chi connectivity index (χ3v) is 17.9. The van der Waals surface area contributed by atoms with E-state index in [0.717, 1.165) is 82.3 Å². The van der Waals surface area contributed by atoms with Crippen LogP contribution in [0.3, 0.4) is 0 Å². The molecule has 0 aromatic heterocycles. The Bertz CT molecular complexity index is 3270. The molecule has 398 valence electrons. The summed E-state index contributed by atoms with van der Waals surface area (Å²) in [5.74, 6) is 0.132. The van der Waals surface area contributed by atoms with Crippen molar-refractivity contribution in [2.45, 2.75) is 122 Å². The summed E-state index contributed by atoms with van der Waals surface area (Å²) in [4.78, 5) is 0. The molecule has 8 aromatic rings. The molecule has 3 aliphatic rings. The summed E-state index contributed by atoms with van der Waals surface area (Å²) < 4.78 is 26.0. The van der Waals surface area contributed by atoms with Crippen molar-refractivity contribution in [3.05, 3.63) is 252 Å². The number of hydrogen-bond donors (Lipinski definition) is 0. The fraction of sp³-hybridized carbons (Fsp3) is 0.333. The van der Waals surface area contributed by atoms with Crippen LogP contribution >= 0.6 is 15.9 Å². The maximum absolute atomic E-state index is 6.24. The number of fused-ring (bicyclic) bond motifs is 10. The zero-order valence-corrected chi connectivity index (χ0v) is 48.2. The van der Waals surface area contributed by atoms with Crippen molar-refractivity contribution in [3.63, 3.8) is 0 Å². The Morgan fingerprint density at radius 2 is 0.872 bits per heavy atom. The summed E-state index contributed by atoms with van der Waals surface area (Å²) in [5.41, 5.74) is 20.5. The van der Waals surface area contributed by atoms with E-state index >= 15 is 0 Å². The predicted molar refractivity (Wildman–Crippen MR) is 328 cm³/mol. The number of ether oxygens (including phenoxy) is 4. The van der Waals surface area contributed by atoms with E-state index in [4.69, 9.17) is 18.9 Å². The zero-order valence-electron chi connectivity index (χ0n) is 46.6. The van der Waals surface area contributed by atoms with Gasteiger partial charge in [-0.25, -0.2) is 0 Å². The number of hydrogen-bond acceptors (Lipinski definition) is 4. The van der Waals surface area contributed by atoms with Crippen molar-refractivity contribution in [1.29, 1.82) is 0 Å². The normalized spacial score (nSPS) is 16.3. The average molecular weight is 1100 g/mol. The molecule has 3 aliphatic carbocycles. The number of halogens is 1. The Morgan fingerprint density at radius 3 is 1.35 bits per heavy atom. The first-order valence-corrected chi connectivity index (χ1v) is 30.0. The molecule has 0 heterocycles. The standard InChI is InChI=1S/C72H76BBrO4/c1-5-9-37-75-45-49-21-29-53(30-22-49)71(54-31-23-50(24-32-54)46-76-38-10-6-2)63-42-62-64(41-61(63)69-59-19-15-13-17-57(59)67(73)43-65(69)71)72(55-33-25-51(26-34-55)47-77-39-11-7-3,56-35-27-52(28-36-56)48-78-40-12-8-4)66-44-68(74)58-18-14-16-20-60(58)70(62)66/h13-36,41-44,65,69H,5-12,37-40,45-48,73H2,1-4H3. The van der Waals surface area contributed by atoms with Gasteiger partial charge in [0.05, 0.1) is 37.3 Å². The molecule has 8 aromatic carbocycles. The SMILES string of the molecule is BC1=CC2C(c3ccccc31)c1cc3c(cc1C2(c1ccc(COCCCC)cc1)c1ccc(COCCCC)cc1)-c1c(cc(Br)c2ccccc12)C3(c1ccc(COCCCC)cc1)c1ccc(COCCCC)cc1. The molecular weight excluding hydrogens is 1020 g/mol. The summed E-state index contributed by atoms with van der Waals surface area (Å²) >= 11 is 4.20. The van der Waals surface area contributed by atoms with Crippen LogP contribution in [-0.4, -0.2) is 34.3 Å². The Hall–Kier alpha value is -5.86. The number of allylic oxidation sites excluding steroid dienone is 1. The van der Waals surface area contributed by atoms with Gasteiger partial charge in [-0.3, -0.25) is 0 Å². The molecule has 4 nitrogen and oxygen atoms in total. The Balaban J connectivity index is 1.20. The van der Waals surface area contributed by atoms with Crippen LogP contribution in [0, 0.1) is 5.92 Å². The first kappa shape index (κ1) is 54.1. The van der Waals surface area contributed by atoms with Crippen LogP contribution in [0.4, 0.5) is 0 Å². The molecule has 2 atom stereocenters.